The van der Waals surface area contributed by atoms with Gasteiger partial charge in [-0.2, -0.15) is 0 Å². The van der Waals surface area contributed by atoms with E-state index in [1.54, 1.807) is 0 Å². The third-order valence-corrected chi connectivity index (χ3v) is 1.81. The van der Waals surface area contributed by atoms with E-state index >= 15 is 0 Å². The number of rotatable bonds is 2. The van der Waals surface area contributed by atoms with Crippen molar-refractivity contribution in [1.29, 1.82) is 0 Å². The summed E-state index contributed by atoms with van der Waals surface area (Å²) in [7, 11) is 0. The van der Waals surface area contributed by atoms with E-state index in [9.17, 15) is 0 Å². The maximum Gasteiger partial charge on any atom is 0.0930 e. The molecule has 0 fully saturated rings. The molecule has 60 valence electrons. The van der Waals surface area contributed by atoms with E-state index in [1.807, 2.05) is 25.1 Å². The summed E-state index contributed by atoms with van der Waals surface area (Å²) >= 11 is 3.39. The molecule has 0 amide bonds. The molecule has 0 saturated heterocycles. The van der Waals surface area contributed by atoms with Crippen LogP contribution in [0.2, 0.25) is 0 Å². The highest BCUT2D eigenvalue weighted by atomic mass is 79.9. The summed E-state index contributed by atoms with van der Waals surface area (Å²) in [5.74, 6) is 4.95. The highest BCUT2D eigenvalue weighted by molar-refractivity contribution is 9.10. The Kier molecular flexibility index (Phi) is 3.05. The van der Waals surface area contributed by atoms with Crippen LogP contribution in [0.1, 0.15) is 11.1 Å². The summed E-state index contributed by atoms with van der Waals surface area (Å²) in [4.78, 5) is 4.52. The largest absolute Gasteiger partial charge is 0.300 e. The normalized spacial score (nSPS) is 10.1. The SMILES string of the molecule is Cc1cc(Br)cc(CON)c1. The molecule has 0 aromatic heterocycles. The van der Waals surface area contributed by atoms with Crippen LogP contribution in [0, 0.1) is 6.92 Å². The molecule has 0 radical (unpaired) electrons. The van der Waals surface area contributed by atoms with Crippen LogP contribution in [0.3, 0.4) is 0 Å². The Hall–Kier alpha value is -0.380. The topological polar surface area (TPSA) is 35.2 Å². The van der Waals surface area contributed by atoms with Crippen molar-refractivity contribution in [3.63, 3.8) is 0 Å². The lowest BCUT2D eigenvalue weighted by Crippen LogP contribution is -1.98. The molecule has 0 aliphatic carbocycles. The third kappa shape index (κ3) is 2.61. The summed E-state index contributed by atoms with van der Waals surface area (Å²) in [6.45, 7) is 2.49. The first-order valence-electron chi connectivity index (χ1n) is 3.30. The Morgan fingerprint density at radius 2 is 2.18 bits per heavy atom. The van der Waals surface area contributed by atoms with E-state index in [2.05, 4.69) is 20.8 Å². The van der Waals surface area contributed by atoms with Gasteiger partial charge in [-0.25, -0.2) is 5.90 Å². The Morgan fingerprint density at radius 1 is 1.45 bits per heavy atom. The Bertz CT molecular complexity index is 230. The van der Waals surface area contributed by atoms with Gasteiger partial charge in [0.1, 0.15) is 0 Å². The highest BCUT2D eigenvalue weighted by Crippen LogP contribution is 2.15. The van der Waals surface area contributed by atoms with E-state index in [0.717, 1.165) is 10.0 Å². The van der Waals surface area contributed by atoms with Crippen molar-refractivity contribution >= 4 is 15.9 Å². The molecule has 2 nitrogen and oxygen atoms in total. The number of aryl methyl sites for hydroxylation is 1. The molecule has 0 heterocycles. The average Bonchev–Trinajstić information content (AvgIpc) is 1.85. The van der Waals surface area contributed by atoms with Crippen LogP contribution >= 0.6 is 15.9 Å². The van der Waals surface area contributed by atoms with Crippen molar-refractivity contribution in [1.82, 2.24) is 0 Å². The van der Waals surface area contributed by atoms with E-state index in [4.69, 9.17) is 5.90 Å². The number of halogens is 1. The second-order valence-corrected chi connectivity index (χ2v) is 3.36. The zero-order chi connectivity index (χ0) is 8.27. The number of hydrogen-bond acceptors (Lipinski definition) is 2. The average molecular weight is 216 g/mol. The minimum absolute atomic E-state index is 0.459. The van der Waals surface area contributed by atoms with Crippen molar-refractivity contribution in [2.24, 2.45) is 5.90 Å². The summed E-state index contributed by atoms with van der Waals surface area (Å²) in [6, 6.07) is 6.07. The van der Waals surface area contributed by atoms with Gasteiger partial charge >= 0.3 is 0 Å². The lowest BCUT2D eigenvalue weighted by atomic mass is 10.1. The van der Waals surface area contributed by atoms with Crippen LogP contribution in [-0.2, 0) is 11.4 Å². The van der Waals surface area contributed by atoms with Gasteiger partial charge < -0.3 is 0 Å². The van der Waals surface area contributed by atoms with E-state index in [-0.39, 0.29) is 0 Å². The second kappa shape index (κ2) is 3.85. The molecule has 1 rings (SSSR count). The molecule has 0 unspecified atom stereocenters. The molecule has 1 aromatic rings. The molecule has 0 aliphatic heterocycles. The van der Waals surface area contributed by atoms with E-state index in [1.165, 1.54) is 5.56 Å². The standard InChI is InChI=1S/C8H10BrNO/c1-6-2-7(5-11-10)4-8(9)3-6/h2-4H,5,10H2,1H3. The summed E-state index contributed by atoms with van der Waals surface area (Å²) in [6.07, 6.45) is 0. The molecule has 3 heteroatoms. The molecule has 0 bridgehead atoms. The Morgan fingerprint density at radius 3 is 2.73 bits per heavy atom. The number of nitrogens with two attached hydrogens (primary N) is 1. The van der Waals surface area contributed by atoms with Gasteiger partial charge in [-0.1, -0.05) is 22.0 Å². The van der Waals surface area contributed by atoms with Crippen LogP contribution < -0.4 is 5.90 Å². The molecule has 1 aromatic carbocycles. The first-order valence-corrected chi connectivity index (χ1v) is 4.09. The molecular weight excluding hydrogens is 206 g/mol. The van der Waals surface area contributed by atoms with Crippen molar-refractivity contribution < 1.29 is 4.84 Å². The molecule has 0 spiro atoms. The van der Waals surface area contributed by atoms with Gasteiger partial charge in [0.05, 0.1) is 6.61 Å². The fourth-order valence-corrected chi connectivity index (χ4v) is 1.65. The van der Waals surface area contributed by atoms with E-state index < -0.39 is 0 Å². The second-order valence-electron chi connectivity index (χ2n) is 2.45. The minimum Gasteiger partial charge on any atom is -0.300 e. The molecule has 0 aliphatic rings. The fourth-order valence-electron chi connectivity index (χ4n) is 0.992. The van der Waals surface area contributed by atoms with Crippen molar-refractivity contribution in [3.8, 4) is 0 Å². The van der Waals surface area contributed by atoms with Gasteiger partial charge in [-0.15, -0.1) is 0 Å². The highest BCUT2D eigenvalue weighted by Gasteiger charge is 1.95. The fraction of sp³-hybridized carbons (Fsp3) is 0.250. The van der Waals surface area contributed by atoms with Gasteiger partial charge in [-0.3, -0.25) is 4.84 Å². The minimum atomic E-state index is 0.459. The third-order valence-electron chi connectivity index (χ3n) is 1.35. The first-order chi connectivity index (χ1) is 5.22. The molecule has 2 N–H and O–H groups in total. The summed E-state index contributed by atoms with van der Waals surface area (Å²) < 4.78 is 1.06. The Balaban J connectivity index is 2.89. The molecule has 11 heavy (non-hydrogen) atoms. The van der Waals surface area contributed by atoms with Crippen LogP contribution in [0.5, 0.6) is 0 Å². The number of hydrogen-bond donors (Lipinski definition) is 1. The zero-order valence-electron chi connectivity index (χ0n) is 6.30. The van der Waals surface area contributed by atoms with Crippen LogP contribution in [-0.4, -0.2) is 0 Å². The van der Waals surface area contributed by atoms with Crippen molar-refractivity contribution in [2.75, 3.05) is 0 Å². The molecule has 0 saturated carbocycles. The van der Waals surface area contributed by atoms with Crippen molar-refractivity contribution in [3.05, 3.63) is 33.8 Å². The van der Waals surface area contributed by atoms with Crippen LogP contribution in [0.4, 0.5) is 0 Å². The molecule has 0 atom stereocenters. The summed E-state index contributed by atoms with van der Waals surface area (Å²) in [5, 5.41) is 0. The predicted molar refractivity (Wildman–Crippen MR) is 47.9 cm³/mol. The van der Waals surface area contributed by atoms with Gasteiger partial charge in [0.25, 0.3) is 0 Å². The first kappa shape index (κ1) is 8.71. The monoisotopic (exact) mass is 215 g/mol. The predicted octanol–water partition coefficient (Wildman–Crippen LogP) is 2.15. The quantitative estimate of drug-likeness (QED) is 0.768. The lowest BCUT2D eigenvalue weighted by molar-refractivity contribution is 0.124. The van der Waals surface area contributed by atoms with Crippen LogP contribution in [0.25, 0.3) is 0 Å². The maximum absolute atomic E-state index is 4.95. The van der Waals surface area contributed by atoms with Gasteiger partial charge in [0, 0.05) is 4.47 Å². The Labute approximate surface area is 74.4 Å². The van der Waals surface area contributed by atoms with Gasteiger partial charge in [0.2, 0.25) is 0 Å². The molecular formula is C8H10BrNO. The van der Waals surface area contributed by atoms with E-state index in [0.29, 0.717) is 6.61 Å². The van der Waals surface area contributed by atoms with Crippen LogP contribution in [0.15, 0.2) is 22.7 Å². The summed E-state index contributed by atoms with van der Waals surface area (Å²) in [5.41, 5.74) is 2.28. The number of benzene rings is 1. The van der Waals surface area contributed by atoms with Gasteiger partial charge in [0.15, 0.2) is 0 Å². The zero-order valence-corrected chi connectivity index (χ0v) is 7.89. The van der Waals surface area contributed by atoms with Gasteiger partial charge in [-0.05, 0) is 30.2 Å². The van der Waals surface area contributed by atoms with Crippen molar-refractivity contribution in [2.45, 2.75) is 13.5 Å². The smallest absolute Gasteiger partial charge is 0.0930 e. The lowest BCUT2D eigenvalue weighted by Gasteiger charge is -2.01. The maximum atomic E-state index is 4.95.